The Kier molecular flexibility index (Phi) is 8.90. The van der Waals surface area contributed by atoms with Crippen LogP contribution in [0.25, 0.3) is 5.69 Å². The Bertz CT molecular complexity index is 1110. The van der Waals surface area contributed by atoms with E-state index in [0.717, 1.165) is 11.8 Å². The Balaban J connectivity index is 0.00000385. The molecule has 33 heavy (non-hydrogen) atoms. The van der Waals surface area contributed by atoms with Gasteiger partial charge in [0, 0.05) is 53.3 Å². The molecule has 1 atom stereocenters. The standard InChI is InChI=1S/C22H19ClF3N3O3.Ag/c1-14(30)16(11-15-3-5-17(6-4-15)29-10-2-9-27-29)13-28(21(32)22(24,25)26)20-12-18(31)7-8-19(20)23;/h2-10,12,16,31H,11,13H2,1H3;. The van der Waals surface area contributed by atoms with Crippen LogP contribution in [0.15, 0.2) is 60.9 Å². The number of benzene rings is 2. The summed E-state index contributed by atoms with van der Waals surface area (Å²) in [4.78, 5) is 24.8. The van der Waals surface area contributed by atoms with E-state index >= 15 is 0 Å². The molecule has 3 aromatic rings. The van der Waals surface area contributed by atoms with E-state index in [1.54, 1.807) is 47.4 Å². The summed E-state index contributed by atoms with van der Waals surface area (Å²) in [7, 11) is 0. The molecule has 0 spiro atoms. The third kappa shape index (κ3) is 6.70. The smallest absolute Gasteiger partial charge is 0.471 e. The van der Waals surface area contributed by atoms with Crippen molar-refractivity contribution in [2.45, 2.75) is 19.5 Å². The maximum Gasteiger partial charge on any atom is 0.471 e. The summed E-state index contributed by atoms with van der Waals surface area (Å²) in [6.07, 6.45) is -1.71. The number of aromatic nitrogens is 2. The number of Topliss-reactive ketones (excluding diaryl/α,β-unsaturated/α-hetero) is 1. The van der Waals surface area contributed by atoms with Crippen LogP contribution < -0.4 is 4.90 Å². The van der Waals surface area contributed by atoms with E-state index in [9.17, 15) is 27.9 Å². The molecule has 179 valence electrons. The largest absolute Gasteiger partial charge is 0.508 e. The maximum atomic E-state index is 13.3. The number of carbonyl (C=O) groups is 2. The Hall–Kier alpha value is -2.59. The number of hydrogen-bond acceptors (Lipinski definition) is 4. The summed E-state index contributed by atoms with van der Waals surface area (Å²) in [5, 5.41) is 13.7. The molecule has 3 rings (SSSR count). The number of aromatic hydroxyl groups is 1. The summed E-state index contributed by atoms with van der Waals surface area (Å²) in [5.41, 5.74) is 1.15. The minimum atomic E-state index is -5.19. The predicted molar refractivity (Wildman–Crippen MR) is 113 cm³/mol. The molecule has 2 aromatic carbocycles. The number of halogens is 4. The zero-order valence-corrected chi connectivity index (χ0v) is 19.4. The third-order valence-electron chi connectivity index (χ3n) is 4.87. The molecule has 0 aliphatic rings. The molecule has 1 aromatic heterocycles. The van der Waals surface area contributed by atoms with Gasteiger partial charge in [-0.25, -0.2) is 4.68 Å². The molecular formula is C22H19AgClF3N3O3. The zero-order valence-electron chi connectivity index (χ0n) is 17.2. The average molecular weight is 574 g/mol. The van der Waals surface area contributed by atoms with Crippen LogP contribution in [0.1, 0.15) is 12.5 Å². The fourth-order valence-electron chi connectivity index (χ4n) is 3.20. The topological polar surface area (TPSA) is 75.4 Å². The molecule has 1 heterocycles. The number of rotatable bonds is 7. The summed E-state index contributed by atoms with van der Waals surface area (Å²) in [6, 6.07) is 12.1. The summed E-state index contributed by atoms with van der Waals surface area (Å²) in [5.74, 6) is -3.86. The van der Waals surface area contributed by atoms with Crippen molar-refractivity contribution in [1.29, 1.82) is 0 Å². The molecule has 1 N–H and O–H groups in total. The van der Waals surface area contributed by atoms with Crippen molar-refractivity contribution in [3.63, 3.8) is 0 Å². The molecule has 1 unspecified atom stereocenters. The Morgan fingerprint density at radius 1 is 1.18 bits per heavy atom. The van der Waals surface area contributed by atoms with Gasteiger partial charge in [-0.15, -0.1) is 0 Å². The number of alkyl halides is 3. The quantitative estimate of drug-likeness (QED) is 0.420. The molecule has 0 fully saturated rings. The zero-order chi connectivity index (χ0) is 23.5. The van der Waals surface area contributed by atoms with Crippen molar-refractivity contribution in [2.24, 2.45) is 5.92 Å². The second-order valence-corrected chi connectivity index (χ2v) is 7.59. The number of phenols is 1. The van der Waals surface area contributed by atoms with Gasteiger partial charge in [0.05, 0.1) is 16.4 Å². The van der Waals surface area contributed by atoms with Crippen LogP contribution in [0.3, 0.4) is 0 Å². The predicted octanol–water partition coefficient (Wildman–Crippen LogP) is 4.57. The number of amides is 1. The summed E-state index contributed by atoms with van der Waals surface area (Å²) in [6.45, 7) is 0.695. The second kappa shape index (κ2) is 11.0. The van der Waals surface area contributed by atoms with Crippen LogP contribution >= 0.6 is 11.6 Å². The van der Waals surface area contributed by atoms with Crippen LogP contribution in [0.4, 0.5) is 18.9 Å². The number of anilines is 1. The number of phenolic OH excluding ortho intramolecular Hbond substituents is 1. The van der Waals surface area contributed by atoms with Gasteiger partial charge in [0.15, 0.2) is 0 Å². The SMILES string of the molecule is CC(=O)C(Cc1ccc(-n2cccn2)cc1)CN(C(=O)C(F)(F)F)c1cc(O)ccc1Cl.[Ag]. The first-order valence-corrected chi connectivity index (χ1v) is 9.90. The molecule has 6 nitrogen and oxygen atoms in total. The molecule has 0 aliphatic heterocycles. The molecular weight excluding hydrogens is 555 g/mol. The van der Waals surface area contributed by atoms with E-state index in [2.05, 4.69) is 5.10 Å². The minimum Gasteiger partial charge on any atom is -0.508 e. The molecule has 0 aliphatic carbocycles. The van der Waals surface area contributed by atoms with Crippen LogP contribution in [-0.4, -0.2) is 39.3 Å². The van der Waals surface area contributed by atoms with E-state index in [1.165, 1.54) is 19.1 Å². The number of carbonyl (C=O) groups excluding carboxylic acids is 2. The van der Waals surface area contributed by atoms with E-state index in [-0.39, 0.29) is 45.3 Å². The van der Waals surface area contributed by atoms with Gasteiger partial charge in [-0.3, -0.25) is 9.59 Å². The van der Waals surface area contributed by atoms with Gasteiger partial charge in [0.25, 0.3) is 0 Å². The van der Waals surface area contributed by atoms with E-state index in [0.29, 0.717) is 10.5 Å². The molecule has 0 bridgehead atoms. The minimum absolute atomic E-state index is 0. The van der Waals surface area contributed by atoms with Crippen molar-refractivity contribution in [3.8, 4) is 11.4 Å². The molecule has 11 heteroatoms. The average Bonchev–Trinajstić information content (AvgIpc) is 3.27. The molecule has 0 saturated heterocycles. The van der Waals surface area contributed by atoms with Gasteiger partial charge in [-0.2, -0.15) is 18.3 Å². The van der Waals surface area contributed by atoms with Crippen LogP contribution in [0.2, 0.25) is 5.02 Å². The summed E-state index contributed by atoms with van der Waals surface area (Å²) >= 11 is 6.01. The number of ketones is 1. The first-order chi connectivity index (χ1) is 15.1. The van der Waals surface area contributed by atoms with Crippen molar-refractivity contribution in [3.05, 3.63) is 71.5 Å². The monoisotopic (exact) mass is 572 g/mol. The Morgan fingerprint density at radius 3 is 2.39 bits per heavy atom. The van der Waals surface area contributed by atoms with Gasteiger partial charge < -0.3 is 10.0 Å². The van der Waals surface area contributed by atoms with Crippen LogP contribution in [0, 0.1) is 5.92 Å². The Labute approximate surface area is 208 Å². The van der Waals surface area contributed by atoms with Crippen molar-refractivity contribution < 1.29 is 50.2 Å². The number of hydrogen-bond donors (Lipinski definition) is 1. The molecule has 1 amide bonds. The third-order valence-corrected chi connectivity index (χ3v) is 5.19. The Morgan fingerprint density at radius 2 is 1.85 bits per heavy atom. The maximum absolute atomic E-state index is 13.3. The molecule has 1 radical (unpaired) electrons. The second-order valence-electron chi connectivity index (χ2n) is 7.18. The van der Waals surface area contributed by atoms with Crippen molar-refractivity contribution >= 4 is 29.0 Å². The van der Waals surface area contributed by atoms with E-state index < -0.39 is 30.3 Å². The van der Waals surface area contributed by atoms with Gasteiger partial charge in [-0.1, -0.05) is 23.7 Å². The fraction of sp³-hybridized carbons (Fsp3) is 0.227. The first kappa shape index (κ1) is 26.7. The van der Waals surface area contributed by atoms with Crippen molar-refractivity contribution in [1.82, 2.24) is 9.78 Å². The van der Waals surface area contributed by atoms with Gasteiger partial charge >= 0.3 is 12.1 Å². The normalized spacial score (nSPS) is 12.0. The summed E-state index contributed by atoms with van der Waals surface area (Å²) < 4.78 is 41.5. The fourth-order valence-corrected chi connectivity index (χ4v) is 3.42. The van der Waals surface area contributed by atoms with Crippen molar-refractivity contribution in [2.75, 3.05) is 11.4 Å². The first-order valence-electron chi connectivity index (χ1n) is 9.53. The van der Waals surface area contributed by atoms with Gasteiger partial charge in [0.2, 0.25) is 0 Å². The van der Waals surface area contributed by atoms with E-state index in [1.807, 2.05) is 0 Å². The van der Waals surface area contributed by atoms with Crippen LogP contribution in [0.5, 0.6) is 5.75 Å². The van der Waals surface area contributed by atoms with Gasteiger partial charge in [0.1, 0.15) is 11.5 Å². The van der Waals surface area contributed by atoms with Crippen LogP contribution in [-0.2, 0) is 38.4 Å². The number of nitrogens with zero attached hydrogens (tertiary/aromatic N) is 3. The van der Waals surface area contributed by atoms with E-state index in [4.69, 9.17) is 11.6 Å². The van der Waals surface area contributed by atoms with Gasteiger partial charge in [-0.05, 0) is 49.2 Å². The molecule has 0 saturated carbocycles.